The predicted molar refractivity (Wildman–Crippen MR) is 113 cm³/mol. The summed E-state index contributed by atoms with van der Waals surface area (Å²) < 4.78 is 0. The average Bonchev–Trinajstić information content (AvgIpc) is 3.34. The second-order valence-electron chi connectivity index (χ2n) is 7.63. The van der Waals surface area contributed by atoms with Gasteiger partial charge in [0.25, 0.3) is 5.91 Å². The molecular formula is C23H23N3OS. The largest absolute Gasteiger partial charge is 0.298 e. The molecule has 0 spiro atoms. The molecule has 5 heteroatoms. The summed E-state index contributed by atoms with van der Waals surface area (Å²) in [5, 5.41) is 3.74. The van der Waals surface area contributed by atoms with Crippen molar-refractivity contribution in [2.45, 2.75) is 38.8 Å². The lowest BCUT2D eigenvalue weighted by Gasteiger charge is -2.25. The normalized spacial score (nSPS) is 15.9. The molecule has 3 aromatic rings. The Morgan fingerprint density at radius 2 is 1.93 bits per heavy atom. The zero-order valence-electron chi connectivity index (χ0n) is 15.8. The standard InChI is InChI=1S/C23H23N3OS/c27-22(19-10-9-17-7-4-8-18(17)13-19)25-23-24-20-11-12-26(15-21(20)28-23)14-16-5-2-1-3-6-16/h1-3,5-6,9-10,13H,4,7-8,11-12,14-15H2,(H,24,25,27). The molecule has 1 N–H and O–H groups in total. The Bertz CT molecular complexity index is 1010. The van der Waals surface area contributed by atoms with Crippen LogP contribution in [0.15, 0.2) is 48.5 Å². The van der Waals surface area contributed by atoms with Gasteiger partial charge in [-0.25, -0.2) is 4.98 Å². The van der Waals surface area contributed by atoms with E-state index in [-0.39, 0.29) is 5.91 Å². The highest BCUT2D eigenvalue weighted by atomic mass is 32.1. The number of benzene rings is 2. The van der Waals surface area contributed by atoms with Crippen LogP contribution in [0.5, 0.6) is 0 Å². The number of aromatic nitrogens is 1. The quantitative estimate of drug-likeness (QED) is 0.717. The van der Waals surface area contributed by atoms with Gasteiger partial charge in [0.2, 0.25) is 0 Å². The van der Waals surface area contributed by atoms with Gasteiger partial charge in [0.1, 0.15) is 0 Å². The molecule has 0 saturated heterocycles. The summed E-state index contributed by atoms with van der Waals surface area (Å²) in [6.07, 6.45) is 4.35. The molecule has 2 heterocycles. The maximum Gasteiger partial charge on any atom is 0.257 e. The van der Waals surface area contributed by atoms with Crippen LogP contribution < -0.4 is 5.32 Å². The van der Waals surface area contributed by atoms with Crippen molar-refractivity contribution in [1.82, 2.24) is 9.88 Å². The van der Waals surface area contributed by atoms with Crippen LogP contribution in [0.1, 0.15) is 44.0 Å². The molecule has 0 radical (unpaired) electrons. The summed E-state index contributed by atoms with van der Waals surface area (Å²) in [7, 11) is 0. The molecule has 2 aliphatic rings. The van der Waals surface area contributed by atoms with Crippen LogP contribution >= 0.6 is 11.3 Å². The topological polar surface area (TPSA) is 45.2 Å². The van der Waals surface area contributed by atoms with E-state index in [4.69, 9.17) is 4.98 Å². The molecule has 0 bridgehead atoms. The van der Waals surface area contributed by atoms with Crippen LogP contribution in [-0.4, -0.2) is 22.3 Å². The highest BCUT2D eigenvalue weighted by molar-refractivity contribution is 7.15. The minimum Gasteiger partial charge on any atom is -0.298 e. The monoisotopic (exact) mass is 389 g/mol. The molecule has 28 heavy (non-hydrogen) atoms. The van der Waals surface area contributed by atoms with Crippen molar-refractivity contribution in [3.63, 3.8) is 0 Å². The Morgan fingerprint density at radius 1 is 1.07 bits per heavy atom. The van der Waals surface area contributed by atoms with Crippen molar-refractivity contribution >= 4 is 22.4 Å². The minimum absolute atomic E-state index is 0.0538. The van der Waals surface area contributed by atoms with Gasteiger partial charge < -0.3 is 0 Å². The van der Waals surface area contributed by atoms with E-state index in [1.54, 1.807) is 11.3 Å². The number of thiazole rings is 1. The van der Waals surface area contributed by atoms with Crippen molar-refractivity contribution in [3.05, 3.63) is 81.4 Å². The Kier molecular flexibility index (Phi) is 4.71. The van der Waals surface area contributed by atoms with E-state index in [1.165, 1.54) is 28.0 Å². The van der Waals surface area contributed by atoms with E-state index >= 15 is 0 Å². The Hall–Kier alpha value is -2.50. The summed E-state index contributed by atoms with van der Waals surface area (Å²) in [5.74, 6) is -0.0538. The molecule has 1 aliphatic heterocycles. The molecule has 0 unspecified atom stereocenters. The number of hydrogen-bond donors (Lipinski definition) is 1. The SMILES string of the molecule is O=C(Nc1nc2c(s1)CN(Cc1ccccc1)CC2)c1ccc2c(c1)CCC2. The van der Waals surface area contributed by atoms with Gasteiger partial charge in [-0.2, -0.15) is 0 Å². The molecule has 0 fully saturated rings. The van der Waals surface area contributed by atoms with E-state index < -0.39 is 0 Å². The number of carbonyl (C=O) groups excluding carboxylic acids is 1. The molecular weight excluding hydrogens is 366 g/mol. The molecule has 2 aromatic carbocycles. The maximum atomic E-state index is 12.7. The Balaban J connectivity index is 1.26. The van der Waals surface area contributed by atoms with Gasteiger partial charge in [0.15, 0.2) is 5.13 Å². The molecule has 142 valence electrons. The maximum absolute atomic E-state index is 12.7. The first-order valence-corrected chi connectivity index (χ1v) is 10.7. The second kappa shape index (κ2) is 7.49. The zero-order chi connectivity index (χ0) is 18.9. The van der Waals surface area contributed by atoms with Crippen LogP contribution in [0, 0.1) is 0 Å². The summed E-state index contributed by atoms with van der Waals surface area (Å²) in [6.45, 7) is 2.86. The van der Waals surface area contributed by atoms with E-state index in [0.29, 0.717) is 0 Å². The first-order valence-electron chi connectivity index (χ1n) is 9.92. The highest BCUT2D eigenvalue weighted by Crippen LogP contribution is 2.30. The lowest BCUT2D eigenvalue weighted by Crippen LogP contribution is -2.29. The third kappa shape index (κ3) is 3.60. The van der Waals surface area contributed by atoms with Crippen LogP contribution in [-0.2, 0) is 32.4 Å². The van der Waals surface area contributed by atoms with E-state index in [0.717, 1.165) is 55.3 Å². The van der Waals surface area contributed by atoms with Crippen molar-refractivity contribution in [1.29, 1.82) is 0 Å². The molecule has 0 saturated carbocycles. The number of rotatable bonds is 4. The molecule has 1 amide bonds. The number of nitrogens with zero attached hydrogens (tertiary/aromatic N) is 2. The fourth-order valence-corrected chi connectivity index (χ4v) is 5.21. The fraction of sp³-hybridized carbons (Fsp3) is 0.304. The third-order valence-corrected chi connectivity index (χ3v) is 6.64. The second-order valence-corrected chi connectivity index (χ2v) is 8.71. The van der Waals surface area contributed by atoms with Crippen LogP contribution in [0.3, 0.4) is 0 Å². The van der Waals surface area contributed by atoms with Gasteiger partial charge in [-0.1, -0.05) is 36.4 Å². The lowest BCUT2D eigenvalue weighted by molar-refractivity contribution is 0.102. The van der Waals surface area contributed by atoms with Crippen LogP contribution in [0.4, 0.5) is 5.13 Å². The number of amides is 1. The fourth-order valence-electron chi connectivity index (χ4n) is 4.16. The van der Waals surface area contributed by atoms with Gasteiger partial charge in [-0.15, -0.1) is 11.3 Å². The van der Waals surface area contributed by atoms with E-state index in [1.807, 2.05) is 12.1 Å². The minimum atomic E-state index is -0.0538. The highest BCUT2D eigenvalue weighted by Gasteiger charge is 2.22. The molecule has 0 atom stereocenters. The van der Waals surface area contributed by atoms with Gasteiger partial charge in [0.05, 0.1) is 5.69 Å². The van der Waals surface area contributed by atoms with Crippen molar-refractivity contribution < 1.29 is 4.79 Å². The summed E-state index contributed by atoms with van der Waals surface area (Å²) in [6, 6.07) is 16.7. The van der Waals surface area contributed by atoms with E-state index in [9.17, 15) is 4.79 Å². The number of carbonyl (C=O) groups is 1. The number of anilines is 1. The van der Waals surface area contributed by atoms with Gasteiger partial charge in [-0.3, -0.25) is 15.0 Å². The number of hydrogen-bond acceptors (Lipinski definition) is 4. The van der Waals surface area contributed by atoms with Gasteiger partial charge >= 0.3 is 0 Å². The van der Waals surface area contributed by atoms with Gasteiger partial charge in [0, 0.05) is 36.5 Å². The lowest BCUT2D eigenvalue weighted by atomic mass is 10.1. The predicted octanol–water partition coefficient (Wildman–Crippen LogP) is 4.44. The summed E-state index contributed by atoms with van der Waals surface area (Å²) in [4.78, 5) is 21.1. The van der Waals surface area contributed by atoms with Crippen molar-refractivity contribution in [3.8, 4) is 0 Å². The molecule has 4 nitrogen and oxygen atoms in total. The molecule has 5 rings (SSSR count). The van der Waals surface area contributed by atoms with Crippen LogP contribution in [0.25, 0.3) is 0 Å². The zero-order valence-corrected chi connectivity index (χ0v) is 16.6. The first-order chi connectivity index (χ1) is 13.7. The number of fused-ring (bicyclic) bond motifs is 2. The Morgan fingerprint density at radius 3 is 2.82 bits per heavy atom. The molecule has 1 aromatic heterocycles. The summed E-state index contributed by atoms with van der Waals surface area (Å²) >= 11 is 1.61. The van der Waals surface area contributed by atoms with Crippen LogP contribution in [0.2, 0.25) is 0 Å². The Labute approximate surface area is 169 Å². The average molecular weight is 390 g/mol. The summed E-state index contributed by atoms with van der Waals surface area (Å²) in [5.41, 5.74) is 5.92. The number of nitrogens with one attached hydrogen (secondary N) is 1. The van der Waals surface area contributed by atoms with Crippen molar-refractivity contribution in [2.75, 3.05) is 11.9 Å². The van der Waals surface area contributed by atoms with E-state index in [2.05, 4.69) is 46.6 Å². The third-order valence-electron chi connectivity index (χ3n) is 5.64. The smallest absolute Gasteiger partial charge is 0.257 e. The molecule has 1 aliphatic carbocycles. The number of aryl methyl sites for hydroxylation is 2. The van der Waals surface area contributed by atoms with Crippen molar-refractivity contribution in [2.24, 2.45) is 0 Å². The first kappa shape index (κ1) is 17.6. The van der Waals surface area contributed by atoms with Gasteiger partial charge in [-0.05, 0) is 48.1 Å².